The molecule has 4 heterocycles. The fraction of sp³-hybridized carbons (Fsp3) is 0.588. The third-order valence-corrected chi connectivity index (χ3v) is 7.04. The number of sulfone groups is 1. The van der Waals surface area contributed by atoms with Gasteiger partial charge in [-0.25, -0.2) is 13.4 Å². The second kappa shape index (κ2) is 6.75. The van der Waals surface area contributed by atoms with Crippen LogP contribution in [0.25, 0.3) is 0 Å². The summed E-state index contributed by atoms with van der Waals surface area (Å²) in [4.78, 5) is 24.2. The first-order chi connectivity index (χ1) is 12.8. The monoisotopic (exact) mass is 392 g/mol. The molecule has 0 bridgehead atoms. The molecule has 4 rings (SSSR count). The molecule has 2 aliphatic rings. The molecule has 146 valence electrons. The Bertz CT molecular complexity index is 920. The Morgan fingerprint density at radius 1 is 1.30 bits per heavy atom. The van der Waals surface area contributed by atoms with Crippen molar-refractivity contribution in [3.05, 3.63) is 36.2 Å². The third kappa shape index (κ3) is 3.51. The predicted octanol–water partition coefficient (Wildman–Crippen LogP) is 0.311. The number of nitrogens with one attached hydrogen (secondary N) is 1. The van der Waals surface area contributed by atoms with E-state index in [2.05, 4.69) is 20.0 Å². The minimum Gasteiger partial charge on any atom is -0.348 e. The van der Waals surface area contributed by atoms with Gasteiger partial charge in [0.1, 0.15) is 5.82 Å². The van der Waals surface area contributed by atoms with Gasteiger partial charge in [0.25, 0.3) is 5.91 Å². The van der Waals surface area contributed by atoms with Crippen LogP contribution in [0.4, 0.5) is 0 Å². The first-order valence-electron chi connectivity index (χ1n) is 9.12. The van der Waals surface area contributed by atoms with E-state index >= 15 is 0 Å². The summed E-state index contributed by atoms with van der Waals surface area (Å²) in [6.07, 6.45) is 6.74. The number of H-pyrrole nitrogens is 1. The van der Waals surface area contributed by atoms with Crippen LogP contribution < -0.4 is 0 Å². The summed E-state index contributed by atoms with van der Waals surface area (Å²) in [5.41, 5.74) is 0.506. The third-order valence-electron chi connectivity index (χ3n) is 5.34. The molecular weight excluding hydrogens is 368 g/mol. The van der Waals surface area contributed by atoms with Crippen molar-refractivity contribution in [2.75, 3.05) is 24.6 Å². The van der Waals surface area contributed by atoms with Gasteiger partial charge in [0.05, 0.1) is 35.9 Å². The van der Waals surface area contributed by atoms with E-state index in [4.69, 9.17) is 0 Å². The van der Waals surface area contributed by atoms with Gasteiger partial charge in [-0.05, 0) is 13.8 Å². The van der Waals surface area contributed by atoms with Crippen molar-refractivity contribution in [2.24, 2.45) is 0 Å². The number of aromatic nitrogens is 4. The summed E-state index contributed by atoms with van der Waals surface area (Å²) in [6.45, 7) is 5.64. The highest BCUT2D eigenvalue weighted by Crippen LogP contribution is 2.29. The highest BCUT2D eigenvalue weighted by Gasteiger charge is 2.48. The molecule has 2 aromatic rings. The van der Waals surface area contributed by atoms with Crippen molar-refractivity contribution in [1.29, 1.82) is 0 Å². The quantitative estimate of drug-likeness (QED) is 0.803. The molecule has 9 nitrogen and oxygen atoms in total. The lowest BCUT2D eigenvalue weighted by Gasteiger charge is -2.43. The van der Waals surface area contributed by atoms with Crippen LogP contribution in [0.2, 0.25) is 0 Å². The normalized spacial score (nSPS) is 25.1. The van der Waals surface area contributed by atoms with Crippen LogP contribution in [-0.4, -0.2) is 80.6 Å². The SMILES string of the molecule is CC(C)n1cc(C(=O)N2CCN(Cc3ncc[nH]3)[C@@H]3CS(=O)(=O)C[C@@H]32)cn1. The number of hydrogen-bond donors (Lipinski definition) is 1. The zero-order valence-electron chi connectivity index (χ0n) is 15.4. The van der Waals surface area contributed by atoms with E-state index in [1.165, 1.54) is 0 Å². The van der Waals surface area contributed by atoms with E-state index < -0.39 is 9.84 Å². The van der Waals surface area contributed by atoms with Crippen LogP contribution in [0.5, 0.6) is 0 Å². The van der Waals surface area contributed by atoms with Crippen molar-refractivity contribution in [3.63, 3.8) is 0 Å². The predicted molar refractivity (Wildman–Crippen MR) is 98.9 cm³/mol. The first-order valence-corrected chi connectivity index (χ1v) is 10.9. The summed E-state index contributed by atoms with van der Waals surface area (Å²) < 4.78 is 26.4. The van der Waals surface area contributed by atoms with Crippen LogP contribution in [-0.2, 0) is 16.4 Å². The Kier molecular flexibility index (Phi) is 4.55. The van der Waals surface area contributed by atoms with Gasteiger partial charge in [-0.3, -0.25) is 14.4 Å². The molecule has 2 fully saturated rings. The second-order valence-electron chi connectivity index (χ2n) is 7.52. The Morgan fingerprint density at radius 2 is 2.07 bits per heavy atom. The summed E-state index contributed by atoms with van der Waals surface area (Å²) in [5, 5.41) is 4.24. The summed E-state index contributed by atoms with van der Waals surface area (Å²) >= 11 is 0. The largest absolute Gasteiger partial charge is 0.348 e. The van der Waals surface area contributed by atoms with Crippen LogP contribution >= 0.6 is 0 Å². The summed E-state index contributed by atoms with van der Waals surface area (Å²) in [5.74, 6) is 0.742. The number of nitrogens with zero attached hydrogens (tertiary/aromatic N) is 5. The number of piperazine rings is 1. The van der Waals surface area contributed by atoms with Gasteiger partial charge in [-0.15, -0.1) is 0 Å². The molecule has 2 aliphatic heterocycles. The Labute approximate surface area is 158 Å². The zero-order chi connectivity index (χ0) is 19.2. The number of hydrogen-bond acceptors (Lipinski definition) is 6. The molecule has 0 aromatic carbocycles. The number of rotatable bonds is 4. The van der Waals surface area contributed by atoms with E-state index in [0.717, 1.165) is 5.82 Å². The maximum atomic E-state index is 13.1. The second-order valence-corrected chi connectivity index (χ2v) is 9.67. The van der Waals surface area contributed by atoms with Crippen LogP contribution in [0.3, 0.4) is 0 Å². The number of aromatic amines is 1. The fourth-order valence-corrected chi connectivity index (χ4v) is 5.96. The molecule has 0 aliphatic carbocycles. The lowest BCUT2D eigenvalue weighted by Crippen LogP contribution is -2.60. The van der Waals surface area contributed by atoms with E-state index in [9.17, 15) is 13.2 Å². The molecule has 0 unspecified atom stereocenters. The van der Waals surface area contributed by atoms with Gasteiger partial charge >= 0.3 is 0 Å². The van der Waals surface area contributed by atoms with Crippen LogP contribution in [0.1, 0.15) is 36.1 Å². The van der Waals surface area contributed by atoms with E-state index in [-0.39, 0.29) is 35.5 Å². The molecule has 1 N–H and O–H groups in total. The molecule has 0 spiro atoms. The highest BCUT2D eigenvalue weighted by molar-refractivity contribution is 7.91. The van der Waals surface area contributed by atoms with Gasteiger partial charge in [0, 0.05) is 43.8 Å². The molecule has 2 aromatic heterocycles. The van der Waals surface area contributed by atoms with Crippen molar-refractivity contribution < 1.29 is 13.2 Å². The molecule has 27 heavy (non-hydrogen) atoms. The van der Waals surface area contributed by atoms with Crippen molar-refractivity contribution >= 4 is 15.7 Å². The Morgan fingerprint density at radius 3 is 2.74 bits per heavy atom. The van der Waals surface area contributed by atoms with Crippen molar-refractivity contribution in [3.8, 4) is 0 Å². The smallest absolute Gasteiger partial charge is 0.257 e. The van der Waals surface area contributed by atoms with E-state index in [1.807, 2.05) is 13.8 Å². The number of carbonyl (C=O) groups excluding carboxylic acids is 1. The maximum absolute atomic E-state index is 13.1. The molecule has 0 saturated carbocycles. The topological polar surface area (TPSA) is 104 Å². The average molecular weight is 392 g/mol. The Balaban J connectivity index is 1.57. The summed E-state index contributed by atoms with van der Waals surface area (Å²) in [7, 11) is -3.18. The van der Waals surface area contributed by atoms with Crippen LogP contribution in [0.15, 0.2) is 24.8 Å². The van der Waals surface area contributed by atoms with Crippen LogP contribution in [0, 0.1) is 0 Å². The number of amides is 1. The fourth-order valence-electron chi connectivity index (χ4n) is 3.95. The van der Waals surface area contributed by atoms with Gasteiger partial charge in [0.15, 0.2) is 9.84 Å². The van der Waals surface area contributed by atoms with E-state index in [1.54, 1.807) is 34.4 Å². The van der Waals surface area contributed by atoms with Gasteiger partial charge in [0.2, 0.25) is 0 Å². The minimum atomic E-state index is -3.18. The van der Waals surface area contributed by atoms with Gasteiger partial charge in [-0.2, -0.15) is 5.10 Å². The standard InChI is InChI=1S/C17H24N6O3S/c1-12(2)23-8-13(7-20-23)17(24)22-6-5-21(9-16-18-3-4-19-16)14-10-27(25,26)11-15(14)22/h3-4,7-8,12,14-15H,5-6,9-11H2,1-2H3,(H,18,19)/t14-,15+/m1/s1. The van der Waals surface area contributed by atoms with Gasteiger partial charge < -0.3 is 9.88 Å². The lowest BCUT2D eigenvalue weighted by atomic mass is 10.0. The molecular formula is C17H24N6O3S. The van der Waals surface area contributed by atoms with Crippen molar-refractivity contribution in [2.45, 2.75) is 38.5 Å². The minimum absolute atomic E-state index is 0.0103. The number of imidazole rings is 1. The van der Waals surface area contributed by atoms with Gasteiger partial charge in [-0.1, -0.05) is 0 Å². The Hall–Kier alpha value is -2.20. The molecule has 2 atom stereocenters. The number of fused-ring (bicyclic) bond motifs is 1. The molecule has 0 radical (unpaired) electrons. The first kappa shape index (κ1) is 18.2. The average Bonchev–Trinajstić information content (AvgIpc) is 3.32. The molecule has 10 heteroatoms. The zero-order valence-corrected chi connectivity index (χ0v) is 16.3. The molecule has 2 saturated heterocycles. The lowest BCUT2D eigenvalue weighted by molar-refractivity contribution is 0.0299. The highest BCUT2D eigenvalue weighted by atomic mass is 32.2. The number of carbonyl (C=O) groups is 1. The maximum Gasteiger partial charge on any atom is 0.257 e. The van der Waals surface area contributed by atoms with Crippen molar-refractivity contribution in [1.82, 2.24) is 29.5 Å². The van der Waals surface area contributed by atoms with E-state index in [0.29, 0.717) is 25.2 Å². The summed E-state index contributed by atoms with van der Waals surface area (Å²) in [6, 6.07) is -0.386. The molecule has 1 amide bonds.